The van der Waals surface area contributed by atoms with Gasteiger partial charge in [-0.25, -0.2) is 0 Å². The minimum absolute atomic E-state index is 0.130. The summed E-state index contributed by atoms with van der Waals surface area (Å²) in [6, 6.07) is 14.1. The molecule has 0 saturated carbocycles. The summed E-state index contributed by atoms with van der Waals surface area (Å²) < 4.78 is 6.11. The highest BCUT2D eigenvalue weighted by molar-refractivity contribution is 5.88. The minimum Gasteiger partial charge on any atom is -0.457 e. The second-order valence-corrected chi connectivity index (χ2v) is 5.98. The van der Waals surface area contributed by atoms with E-state index in [0.29, 0.717) is 0 Å². The first-order chi connectivity index (χ1) is 11.1. The van der Waals surface area contributed by atoms with E-state index in [0.717, 1.165) is 29.2 Å². The van der Waals surface area contributed by atoms with Crippen LogP contribution >= 0.6 is 0 Å². The molecule has 2 aliphatic rings. The van der Waals surface area contributed by atoms with Gasteiger partial charge in [-0.3, -0.25) is 4.79 Å². The van der Waals surface area contributed by atoms with Crippen molar-refractivity contribution in [1.82, 2.24) is 4.90 Å². The summed E-state index contributed by atoms with van der Waals surface area (Å²) in [5.74, 6) is 1.91. The quantitative estimate of drug-likeness (QED) is 0.681. The van der Waals surface area contributed by atoms with E-state index >= 15 is 0 Å². The molecule has 118 valence electrons. The van der Waals surface area contributed by atoms with Crippen molar-refractivity contribution in [3.05, 3.63) is 72.3 Å². The molecule has 1 fully saturated rings. The highest BCUT2D eigenvalue weighted by atomic mass is 16.5. The SMILES string of the molecule is C=C.Cc1ccc2c(c1)[C@H]1CN(C)C(=O)C1c1ccccc1O2. The summed E-state index contributed by atoms with van der Waals surface area (Å²) in [5.41, 5.74) is 3.35. The average molecular weight is 307 g/mol. The number of nitrogens with zero attached hydrogens (tertiary/aromatic N) is 1. The van der Waals surface area contributed by atoms with Gasteiger partial charge in [-0.1, -0.05) is 35.9 Å². The molecule has 1 amide bonds. The van der Waals surface area contributed by atoms with E-state index in [2.05, 4.69) is 32.2 Å². The number of hydrogen-bond acceptors (Lipinski definition) is 2. The third-order valence-corrected chi connectivity index (χ3v) is 4.55. The van der Waals surface area contributed by atoms with Crippen LogP contribution in [0.3, 0.4) is 0 Å². The molecule has 3 heteroatoms. The molecule has 0 radical (unpaired) electrons. The molecule has 2 aromatic rings. The summed E-state index contributed by atoms with van der Waals surface area (Å²) in [6.45, 7) is 8.82. The van der Waals surface area contributed by atoms with Gasteiger partial charge < -0.3 is 9.64 Å². The first-order valence-electron chi connectivity index (χ1n) is 7.77. The number of fused-ring (bicyclic) bond motifs is 5. The summed E-state index contributed by atoms with van der Waals surface area (Å²) >= 11 is 0. The summed E-state index contributed by atoms with van der Waals surface area (Å²) in [6.07, 6.45) is 0. The van der Waals surface area contributed by atoms with Crippen LogP contribution in [-0.2, 0) is 4.79 Å². The van der Waals surface area contributed by atoms with Gasteiger partial charge in [0, 0.05) is 30.6 Å². The standard InChI is InChI=1S/C18H17NO2.C2H4/c1-11-7-8-16-13(9-11)14-10-19(2)18(20)17(14)12-5-3-4-6-15(12)21-16;1-2/h3-9,14,17H,10H2,1-2H3;1-2H2/t14-,17?;/m1./s1. The highest BCUT2D eigenvalue weighted by Crippen LogP contribution is 2.49. The van der Waals surface area contributed by atoms with Crippen molar-refractivity contribution in [2.45, 2.75) is 18.8 Å². The molecular formula is C20H21NO2. The lowest BCUT2D eigenvalue weighted by atomic mass is 9.83. The van der Waals surface area contributed by atoms with Gasteiger partial charge in [0.05, 0.1) is 5.92 Å². The highest BCUT2D eigenvalue weighted by Gasteiger charge is 2.44. The van der Waals surface area contributed by atoms with Crippen molar-refractivity contribution in [1.29, 1.82) is 0 Å². The van der Waals surface area contributed by atoms with Crippen LogP contribution < -0.4 is 4.74 Å². The maximum Gasteiger partial charge on any atom is 0.230 e. The predicted molar refractivity (Wildman–Crippen MR) is 92.1 cm³/mol. The molecular weight excluding hydrogens is 286 g/mol. The number of para-hydroxylation sites is 1. The zero-order valence-corrected chi connectivity index (χ0v) is 13.6. The molecule has 2 aliphatic heterocycles. The molecule has 2 aromatic carbocycles. The molecule has 1 saturated heterocycles. The molecule has 0 bridgehead atoms. The van der Waals surface area contributed by atoms with Gasteiger partial charge in [0.15, 0.2) is 0 Å². The average Bonchev–Trinajstić information content (AvgIpc) is 2.79. The minimum atomic E-state index is -0.130. The van der Waals surface area contributed by atoms with Crippen LogP contribution in [0.15, 0.2) is 55.6 Å². The molecule has 0 N–H and O–H groups in total. The van der Waals surface area contributed by atoms with Gasteiger partial charge >= 0.3 is 0 Å². The smallest absolute Gasteiger partial charge is 0.230 e. The van der Waals surface area contributed by atoms with Crippen LogP contribution in [0.5, 0.6) is 11.5 Å². The second-order valence-electron chi connectivity index (χ2n) is 5.98. The molecule has 4 rings (SSSR count). The van der Waals surface area contributed by atoms with Crippen LogP contribution in [0.25, 0.3) is 0 Å². The van der Waals surface area contributed by atoms with Crippen LogP contribution in [0.2, 0.25) is 0 Å². The third-order valence-electron chi connectivity index (χ3n) is 4.55. The van der Waals surface area contributed by atoms with E-state index in [4.69, 9.17) is 4.74 Å². The number of aryl methyl sites for hydroxylation is 1. The van der Waals surface area contributed by atoms with Gasteiger partial charge in [0.2, 0.25) is 5.91 Å². The fourth-order valence-electron chi connectivity index (χ4n) is 3.53. The zero-order valence-electron chi connectivity index (χ0n) is 13.6. The summed E-state index contributed by atoms with van der Waals surface area (Å²) in [7, 11) is 1.88. The first kappa shape index (κ1) is 15.3. The van der Waals surface area contributed by atoms with Gasteiger partial charge in [-0.05, 0) is 19.1 Å². The number of hydrogen-bond donors (Lipinski definition) is 0. The number of benzene rings is 2. The van der Waals surface area contributed by atoms with E-state index in [1.807, 2.05) is 42.3 Å². The van der Waals surface area contributed by atoms with Gasteiger partial charge in [-0.2, -0.15) is 0 Å². The second kappa shape index (κ2) is 5.92. The topological polar surface area (TPSA) is 29.5 Å². The number of rotatable bonds is 0. The lowest BCUT2D eigenvalue weighted by Crippen LogP contribution is -2.21. The number of amides is 1. The number of ether oxygens (including phenoxy) is 1. The molecule has 1 unspecified atom stereocenters. The molecule has 0 aromatic heterocycles. The lowest BCUT2D eigenvalue weighted by Gasteiger charge is -2.15. The fourth-order valence-corrected chi connectivity index (χ4v) is 3.53. The summed E-state index contributed by atoms with van der Waals surface area (Å²) in [5, 5.41) is 0. The number of carbonyl (C=O) groups excluding carboxylic acids is 1. The van der Waals surface area contributed by atoms with Crippen molar-refractivity contribution >= 4 is 5.91 Å². The Morgan fingerprint density at radius 2 is 1.78 bits per heavy atom. The van der Waals surface area contributed by atoms with Crippen molar-refractivity contribution in [2.24, 2.45) is 0 Å². The van der Waals surface area contributed by atoms with E-state index in [-0.39, 0.29) is 17.7 Å². The molecule has 0 aliphatic carbocycles. The monoisotopic (exact) mass is 307 g/mol. The molecule has 0 spiro atoms. The van der Waals surface area contributed by atoms with Crippen molar-refractivity contribution in [3.63, 3.8) is 0 Å². The van der Waals surface area contributed by atoms with Gasteiger partial charge in [0.25, 0.3) is 0 Å². The van der Waals surface area contributed by atoms with Crippen LogP contribution in [0.4, 0.5) is 0 Å². The van der Waals surface area contributed by atoms with Crippen LogP contribution in [0, 0.1) is 6.92 Å². The van der Waals surface area contributed by atoms with Crippen molar-refractivity contribution in [3.8, 4) is 11.5 Å². The normalized spacial score (nSPS) is 21.1. The number of carbonyl (C=O) groups is 1. The first-order valence-corrected chi connectivity index (χ1v) is 7.77. The number of likely N-dealkylation sites (N-methyl/N-ethyl adjacent to an activating group) is 1. The van der Waals surface area contributed by atoms with E-state index in [1.165, 1.54) is 5.56 Å². The van der Waals surface area contributed by atoms with Crippen molar-refractivity contribution < 1.29 is 9.53 Å². The maximum absolute atomic E-state index is 12.6. The largest absolute Gasteiger partial charge is 0.457 e. The Morgan fingerprint density at radius 1 is 1.09 bits per heavy atom. The Bertz CT molecular complexity index is 753. The molecule has 2 atom stereocenters. The van der Waals surface area contributed by atoms with E-state index < -0.39 is 0 Å². The Morgan fingerprint density at radius 3 is 2.57 bits per heavy atom. The molecule has 2 heterocycles. The molecule has 23 heavy (non-hydrogen) atoms. The Labute approximate surface area is 137 Å². The van der Waals surface area contributed by atoms with Gasteiger partial charge in [0.1, 0.15) is 11.5 Å². The van der Waals surface area contributed by atoms with E-state index in [1.54, 1.807) is 0 Å². The third kappa shape index (κ3) is 2.42. The van der Waals surface area contributed by atoms with Crippen LogP contribution in [-0.4, -0.2) is 24.4 Å². The van der Waals surface area contributed by atoms with Crippen LogP contribution in [0.1, 0.15) is 28.5 Å². The fraction of sp³-hybridized carbons (Fsp3) is 0.250. The van der Waals surface area contributed by atoms with E-state index in [9.17, 15) is 4.79 Å². The lowest BCUT2D eigenvalue weighted by molar-refractivity contribution is -0.127. The Hall–Kier alpha value is -2.55. The van der Waals surface area contributed by atoms with Gasteiger partial charge in [-0.15, -0.1) is 13.2 Å². The summed E-state index contributed by atoms with van der Waals surface area (Å²) in [4.78, 5) is 14.5. The number of likely N-dealkylation sites (tertiary alicyclic amines) is 1. The Kier molecular flexibility index (Phi) is 3.95. The molecule has 3 nitrogen and oxygen atoms in total. The maximum atomic E-state index is 12.6. The van der Waals surface area contributed by atoms with Crippen molar-refractivity contribution in [2.75, 3.05) is 13.6 Å². The predicted octanol–water partition coefficient (Wildman–Crippen LogP) is 4.24. The Balaban J connectivity index is 0.000000753. The zero-order chi connectivity index (χ0) is 16.6.